The number of likely N-dealkylation sites (tertiary alicyclic amines) is 1. The summed E-state index contributed by atoms with van der Waals surface area (Å²) in [7, 11) is 0. The Labute approximate surface area is 128 Å². The summed E-state index contributed by atoms with van der Waals surface area (Å²) in [6, 6.07) is 7.70. The third-order valence-electron chi connectivity index (χ3n) is 4.87. The van der Waals surface area contributed by atoms with E-state index in [1.54, 1.807) is 0 Å². The first kappa shape index (κ1) is 14.9. The Bertz CT molecular complexity index is 472. The molecule has 116 valence electrons. The molecular weight excluding hydrogens is 260 g/mol. The van der Waals surface area contributed by atoms with Crippen LogP contribution in [0.1, 0.15) is 44.2 Å². The first-order valence-corrected chi connectivity index (χ1v) is 8.45. The maximum absolute atomic E-state index is 6.24. The summed E-state index contributed by atoms with van der Waals surface area (Å²) in [6.45, 7) is 8.68. The lowest BCUT2D eigenvalue weighted by molar-refractivity contribution is 0.0729. The highest BCUT2D eigenvalue weighted by Gasteiger charge is 2.25. The monoisotopic (exact) mass is 288 g/mol. The van der Waals surface area contributed by atoms with Gasteiger partial charge >= 0.3 is 0 Å². The number of benzene rings is 1. The molecule has 1 aromatic rings. The van der Waals surface area contributed by atoms with Gasteiger partial charge in [0.05, 0.1) is 0 Å². The lowest BCUT2D eigenvalue weighted by Gasteiger charge is -2.38. The van der Waals surface area contributed by atoms with Gasteiger partial charge < -0.3 is 10.1 Å². The van der Waals surface area contributed by atoms with Crippen LogP contribution in [0.25, 0.3) is 0 Å². The zero-order chi connectivity index (χ0) is 14.7. The maximum atomic E-state index is 6.24. The van der Waals surface area contributed by atoms with E-state index in [-0.39, 0.29) is 0 Å². The molecule has 0 amide bonds. The SMILES string of the molecule is CC(C)N1CCCCC1COc1cccc2c1CNCC2. The molecule has 1 unspecified atom stereocenters. The highest BCUT2D eigenvalue weighted by Crippen LogP contribution is 2.27. The molecule has 1 N–H and O–H groups in total. The van der Waals surface area contributed by atoms with Crippen LogP contribution in [0.5, 0.6) is 5.75 Å². The van der Waals surface area contributed by atoms with E-state index < -0.39 is 0 Å². The predicted octanol–water partition coefficient (Wildman–Crippen LogP) is 2.97. The molecule has 2 aliphatic heterocycles. The first-order chi connectivity index (χ1) is 10.3. The van der Waals surface area contributed by atoms with Crippen molar-refractivity contribution < 1.29 is 4.74 Å². The fourth-order valence-corrected chi connectivity index (χ4v) is 3.69. The highest BCUT2D eigenvalue weighted by molar-refractivity contribution is 5.41. The lowest BCUT2D eigenvalue weighted by atomic mass is 9.99. The molecule has 2 heterocycles. The number of piperidine rings is 1. The molecule has 3 rings (SSSR count). The molecule has 0 aromatic heterocycles. The minimum absolute atomic E-state index is 0.575. The van der Waals surface area contributed by atoms with Crippen molar-refractivity contribution in [2.24, 2.45) is 0 Å². The van der Waals surface area contributed by atoms with Gasteiger partial charge in [0.15, 0.2) is 0 Å². The van der Waals surface area contributed by atoms with Crippen molar-refractivity contribution >= 4 is 0 Å². The van der Waals surface area contributed by atoms with Gasteiger partial charge in [-0.05, 0) is 57.8 Å². The van der Waals surface area contributed by atoms with Gasteiger partial charge in [0.25, 0.3) is 0 Å². The van der Waals surface area contributed by atoms with E-state index in [4.69, 9.17) is 4.74 Å². The molecule has 1 atom stereocenters. The number of ether oxygens (including phenoxy) is 1. The van der Waals surface area contributed by atoms with Crippen molar-refractivity contribution in [2.75, 3.05) is 19.7 Å². The minimum atomic E-state index is 0.575. The highest BCUT2D eigenvalue weighted by atomic mass is 16.5. The van der Waals surface area contributed by atoms with Crippen molar-refractivity contribution in [3.8, 4) is 5.75 Å². The van der Waals surface area contributed by atoms with Crippen molar-refractivity contribution in [1.82, 2.24) is 10.2 Å². The molecule has 1 aromatic carbocycles. The summed E-state index contributed by atoms with van der Waals surface area (Å²) in [5, 5.41) is 3.46. The largest absolute Gasteiger partial charge is 0.492 e. The van der Waals surface area contributed by atoms with E-state index in [1.165, 1.54) is 36.9 Å². The molecular formula is C18H28N2O. The molecule has 1 fully saturated rings. The summed E-state index contributed by atoms with van der Waals surface area (Å²) in [6.07, 6.45) is 5.06. The summed E-state index contributed by atoms with van der Waals surface area (Å²) >= 11 is 0. The van der Waals surface area contributed by atoms with Crippen LogP contribution >= 0.6 is 0 Å². The number of hydrogen-bond donors (Lipinski definition) is 1. The third kappa shape index (κ3) is 3.41. The number of nitrogens with one attached hydrogen (secondary N) is 1. The van der Waals surface area contributed by atoms with Gasteiger partial charge in [-0.2, -0.15) is 0 Å². The molecule has 2 aliphatic rings. The number of hydrogen-bond acceptors (Lipinski definition) is 3. The third-order valence-corrected chi connectivity index (χ3v) is 4.87. The van der Waals surface area contributed by atoms with Crippen molar-refractivity contribution in [3.63, 3.8) is 0 Å². The van der Waals surface area contributed by atoms with E-state index in [1.807, 2.05) is 0 Å². The average molecular weight is 288 g/mol. The Morgan fingerprint density at radius 1 is 1.33 bits per heavy atom. The van der Waals surface area contributed by atoms with Crippen molar-refractivity contribution in [2.45, 2.75) is 58.2 Å². The van der Waals surface area contributed by atoms with E-state index in [0.717, 1.165) is 31.9 Å². The second-order valence-corrected chi connectivity index (χ2v) is 6.61. The molecule has 0 radical (unpaired) electrons. The standard InChI is InChI=1S/C18H28N2O/c1-14(2)20-11-4-3-7-16(20)13-21-18-8-5-6-15-9-10-19-12-17(15)18/h5-6,8,14,16,19H,3-4,7,9-13H2,1-2H3. The molecule has 3 nitrogen and oxygen atoms in total. The van der Waals surface area contributed by atoms with Crippen LogP contribution < -0.4 is 10.1 Å². The lowest BCUT2D eigenvalue weighted by Crippen LogP contribution is -2.46. The van der Waals surface area contributed by atoms with Crippen LogP contribution in [-0.2, 0) is 13.0 Å². The van der Waals surface area contributed by atoms with E-state index in [0.29, 0.717) is 12.1 Å². The second-order valence-electron chi connectivity index (χ2n) is 6.61. The van der Waals surface area contributed by atoms with E-state index >= 15 is 0 Å². The molecule has 21 heavy (non-hydrogen) atoms. The van der Waals surface area contributed by atoms with Gasteiger partial charge in [-0.25, -0.2) is 0 Å². The van der Waals surface area contributed by atoms with Gasteiger partial charge in [0.1, 0.15) is 12.4 Å². The molecule has 0 bridgehead atoms. The average Bonchev–Trinajstić information content (AvgIpc) is 2.53. The molecule has 0 spiro atoms. The fraction of sp³-hybridized carbons (Fsp3) is 0.667. The normalized spacial score (nSPS) is 23.1. The molecule has 1 saturated heterocycles. The molecule has 3 heteroatoms. The van der Waals surface area contributed by atoms with E-state index in [2.05, 4.69) is 42.3 Å². The second kappa shape index (κ2) is 6.80. The van der Waals surface area contributed by atoms with E-state index in [9.17, 15) is 0 Å². The topological polar surface area (TPSA) is 24.5 Å². The van der Waals surface area contributed by atoms with Gasteiger partial charge in [-0.15, -0.1) is 0 Å². The maximum Gasteiger partial charge on any atom is 0.124 e. The van der Waals surface area contributed by atoms with Crippen LogP contribution in [0, 0.1) is 0 Å². The van der Waals surface area contributed by atoms with Gasteiger partial charge in [-0.3, -0.25) is 4.90 Å². The summed E-state index contributed by atoms with van der Waals surface area (Å²) in [5.41, 5.74) is 2.83. The van der Waals surface area contributed by atoms with Crippen LogP contribution in [0.15, 0.2) is 18.2 Å². The first-order valence-electron chi connectivity index (χ1n) is 8.45. The Kier molecular flexibility index (Phi) is 4.81. The number of nitrogens with zero attached hydrogens (tertiary/aromatic N) is 1. The van der Waals surface area contributed by atoms with Crippen molar-refractivity contribution in [1.29, 1.82) is 0 Å². The Morgan fingerprint density at radius 2 is 2.24 bits per heavy atom. The Balaban J connectivity index is 1.67. The van der Waals surface area contributed by atoms with Crippen LogP contribution in [0.4, 0.5) is 0 Å². The quantitative estimate of drug-likeness (QED) is 0.922. The molecule has 0 saturated carbocycles. The summed E-state index contributed by atoms with van der Waals surface area (Å²) in [4.78, 5) is 2.61. The number of rotatable bonds is 4. The van der Waals surface area contributed by atoms with Crippen LogP contribution in [0.2, 0.25) is 0 Å². The Hall–Kier alpha value is -1.06. The number of fused-ring (bicyclic) bond motifs is 1. The van der Waals surface area contributed by atoms with Gasteiger partial charge in [0, 0.05) is 24.2 Å². The summed E-state index contributed by atoms with van der Waals surface area (Å²) < 4.78 is 6.24. The van der Waals surface area contributed by atoms with Gasteiger partial charge in [-0.1, -0.05) is 18.6 Å². The zero-order valence-electron chi connectivity index (χ0n) is 13.4. The smallest absolute Gasteiger partial charge is 0.124 e. The zero-order valence-corrected chi connectivity index (χ0v) is 13.4. The van der Waals surface area contributed by atoms with Crippen LogP contribution in [-0.4, -0.2) is 36.7 Å². The Morgan fingerprint density at radius 3 is 3.10 bits per heavy atom. The van der Waals surface area contributed by atoms with Crippen LogP contribution in [0.3, 0.4) is 0 Å². The predicted molar refractivity (Wildman–Crippen MR) is 86.8 cm³/mol. The van der Waals surface area contributed by atoms with Crippen molar-refractivity contribution in [3.05, 3.63) is 29.3 Å². The minimum Gasteiger partial charge on any atom is -0.492 e. The van der Waals surface area contributed by atoms with Gasteiger partial charge in [0.2, 0.25) is 0 Å². The molecule has 0 aliphatic carbocycles. The fourth-order valence-electron chi connectivity index (χ4n) is 3.69. The summed E-state index contributed by atoms with van der Waals surface area (Å²) in [5.74, 6) is 1.09.